The third kappa shape index (κ3) is 3.96. The molecule has 1 aromatic heterocycles. The molecule has 1 aliphatic heterocycles. The average Bonchev–Trinajstić information content (AvgIpc) is 3.35. The van der Waals surface area contributed by atoms with E-state index in [0.717, 1.165) is 17.0 Å². The number of carbonyl (C=O) groups excluding carboxylic acids is 2. The van der Waals surface area contributed by atoms with E-state index in [9.17, 15) is 9.59 Å². The minimum Gasteiger partial charge on any atom is -0.497 e. The molecule has 0 radical (unpaired) electrons. The molecular formula is C21H20N4O4. The number of rotatable bonds is 5. The summed E-state index contributed by atoms with van der Waals surface area (Å²) in [6.45, 7) is 2.38. The monoisotopic (exact) mass is 392 g/mol. The minimum atomic E-state index is -0.331. The molecule has 8 heteroatoms. The van der Waals surface area contributed by atoms with E-state index in [1.807, 2.05) is 31.2 Å². The molecule has 0 spiro atoms. The number of benzene rings is 2. The number of aromatic nitrogens is 2. The molecule has 148 valence electrons. The van der Waals surface area contributed by atoms with Crippen LogP contribution in [0.15, 0.2) is 52.9 Å². The molecule has 4 rings (SSSR count). The number of aryl methyl sites for hydroxylation is 1. The van der Waals surface area contributed by atoms with Crippen molar-refractivity contribution in [3.63, 3.8) is 0 Å². The van der Waals surface area contributed by atoms with E-state index < -0.39 is 0 Å². The van der Waals surface area contributed by atoms with Crippen molar-refractivity contribution in [1.82, 2.24) is 10.2 Å². The van der Waals surface area contributed by atoms with E-state index in [1.54, 1.807) is 36.3 Å². The van der Waals surface area contributed by atoms with Crippen molar-refractivity contribution >= 4 is 23.5 Å². The molecule has 0 aliphatic carbocycles. The highest BCUT2D eigenvalue weighted by Crippen LogP contribution is 2.32. The van der Waals surface area contributed by atoms with Gasteiger partial charge in [0.05, 0.1) is 13.0 Å². The molecule has 0 bridgehead atoms. The Bertz CT molecular complexity index is 1030. The van der Waals surface area contributed by atoms with Gasteiger partial charge in [-0.05, 0) is 43.3 Å². The second-order valence-electron chi connectivity index (χ2n) is 6.87. The quantitative estimate of drug-likeness (QED) is 0.716. The van der Waals surface area contributed by atoms with Gasteiger partial charge in [0.2, 0.25) is 11.8 Å². The maximum absolute atomic E-state index is 12.4. The Balaban J connectivity index is 1.43. The maximum Gasteiger partial charge on any atom is 0.322 e. The SMILES string of the molecule is COc1ccc(N2C[C@@H](c3nnc(NC(=O)c4ccc(C)cc4)o3)CC2=O)cc1. The number of carbonyl (C=O) groups is 2. The second kappa shape index (κ2) is 7.75. The first-order chi connectivity index (χ1) is 14.0. The highest BCUT2D eigenvalue weighted by atomic mass is 16.5. The second-order valence-corrected chi connectivity index (χ2v) is 6.87. The number of methoxy groups -OCH3 is 1. The van der Waals surface area contributed by atoms with Crippen LogP contribution in [0.4, 0.5) is 11.7 Å². The zero-order valence-electron chi connectivity index (χ0n) is 16.1. The minimum absolute atomic E-state index is 0.0147. The molecule has 8 nitrogen and oxygen atoms in total. The van der Waals surface area contributed by atoms with Crippen molar-refractivity contribution in [3.8, 4) is 5.75 Å². The third-order valence-corrected chi connectivity index (χ3v) is 4.83. The van der Waals surface area contributed by atoms with Crippen molar-refractivity contribution in [2.24, 2.45) is 0 Å². The van der Waals surface area contributed by atoms with Gasteiger partial charge >= 0.3 is 6.01 Å². The van der Waals surface area contributed by atoms with Gasteiger partial charge in [-0.3, -0.25) is 14.9 Å². The molecule has 1 fully saturated rings. The summed E-state index contributed by atoms with van der Waals surface area (Å²) in [5.74, 6) is 0.463. The number of hydrogen-bond acceptors (Lipinski definition) is 6. The molecule has 1 N–H and O–H groups in total. The van der Waals surface area contributed by atoms with Crippen LogP contribution in [-0.2, 0) is 4.79 Å². The Morgan fingerprint density at radius 3 is 2.55 bits per heavy atom. The maximum atomic E-state index is 12.4. The standard InChI is InChI=1S/C21H20N4O4/c1-13-3-5-14(6-4-13)19(27)22-21-24-23-20(29-21)15-11-18(26)25(12-15)16-7-9-17(28-2)10-8-16/h3-10,15H,11-12H2,1-2H3,(H,22,24,27)/t15-/m0/s1. The molecule has 2 aromatic carbocycles. The van der Waals surface area contributed by atoms with E-state index in [-0.39, 0.29) is 30.2 Å². The lowest BCUT2D eigenvalue weighted by Crippen LogP contribution is -2.24. The fourth-order valence-electron chi connectivity index (χ4n) is 3.21. The Morgan fingerprint density at radius 2 is 1.86 bits per heavy atom. The summed E-state index contributed by atoms with van der Waals surface area (Å²) in [6, 6.07) is 14.5. The highest BCUT2D eigenvalue weighted by Gasteiger charge is 2.35. The van der Waals surface area contributed by atoms with Gasteiger partial charge in [0.1, 0.15) is 5.75 Å². The summed E-state index contributed by atoms with van der Waals surface area (Å²) in [6.07, 6.45) is 0.263. The third-order valence-electron chi connectivity index (χ3n) is 4.83. The summed E-state index contributed by atoms with van der Waals surface area (Å²) in [5, 5.41) is 10.5. The van der Waals surface area contributed by atoms with Gasteiger partial charge in [-0.25, -0.2) is 0 Å². The molecule has 1 aliphatic rings. The molecule has 3 aromatic rings. The van der Waals surface area contributed by atoms with Gasteiger partial charge in [0, 0.05) is 24.2 Å². The van der Waals surface area contributed by atoms with Crippen molar-refractivity contribution in [2.45, 2.75) is 19.3 Å². The molecule has 0 saturated carbocycles. The summed E-state index contributed by atoms with van der Waals surface area (Å²) >= 11 is 0. The normalized spacial score (nSPS) is 16.1. The van der Waals surface area contributed by atoms with E-state index in [2.05, 4.69) is 15.5 Å². The van der Waals surface area contributed by atoms with E-state index in [1.165, 1.54) is 0 Å². The summed E-state index contributed by atoms with van der Waals surface area (Å²) < 4.78 is 10.7. The van der Waals surface area contributed by atoms with Crippen molar-refractivity contribution in [1.29, 1.82) is 0 Å². The van der Waals surface area contributed by atoms with Crippen LogP contribution in [0.3, 0.4) is 0 Å². The van der Waals surface area contributed by atoms with Gasteiger partial charge in [0.25, 0.3) is 5.91 Å². The average molecular weight is 392 g/mol. The number of anilines is 2. The number of amides is 2. The topological polar surface area (TPSA) is 97.6 Å². The molecule has 2 amide bonds. The first-order valence-corrected chi connectivity index (χ1v) is 9.19. The fourth-order valence-corrected chi connectivity index (χ4v) is 3.21. The van der Waals surface area contributed by atoms with Crippen LogP contribution in [0.2, 0.25) is 0 Å². The Hall–Kier alpha value is -3.68. The molecule has 2 heterocycles. The van der Waals surface area contributed by atoms with Crippen LogP contribution in [0.25, 0.3) is 0 Å². The van der Waals surface area contributed by atoms with Crippen LogP contribution in [0, 0.1) is 6.92 Å². The zero-order valence-corrected chi connectivity index (χ0v) is 16.1. The summed E-state index contributed by atoms with van der Waals surface area (Å²) in [5.41, 5.74) is 2.34. The van der Waals surface area contributed by atoms with Gasteiger partial charge < -0.3 is 14.1 Å². The lowest BCUT2D eigenvalue weighted by molar-refractivity contribution is -0.117. The molecule has 0 unspecified atom stereocenters. The van der Waals surface area contributed by atoms with E-state index in [0.29, 0.717) is 18.0 Å². The van der Waals surface area contributed by atoms with Crippen LogP contribution in [0.1, 0.15) is 34.2 Å². The molecular weight excluding hydrogens is 372 g/mol. The highest BCUT2D eigenvalue weighted by molar-refractivity contribution is 6.03. The van der Waals surface area contributed by atoms with Gasteiger partial charge in [-0.15, -0.1) is 5.10 Å². The summed E-state index contributed by atoms with van der Waals surface area (Å²) in [4.78, 5) is 26.4. The van der Waals surface area contributed by atoms with Crippen LogP contribution < -0.4 is 15.0 Å². The first kappa shape index (κ1) is 18.7. The number of nitrogens with zero attached hydrogens (tertiary/aromatic N) is 3. The Labute approximate surface area is 167 Å². The van der Waals surface area contributed by atoms with E-state index >= 15 is 0 Å². The van der Waals surface area contributed by atoms with Crippen LogP contribution in [0.5, 0.6) is 5.75 Å². The fraction of sp³-hybridized carbons (Fsp3) is 0.238. The lowest BCUT2D eigenvalue weighted by Gasteiger charge is -2.16. The van der Waals surface area contributed by atoms with Crippen molar-refractivity contribution in [3.05, 3.63) is 65.5 Å². The number of nitrogens with one attached hydrogen (secondary N) is 1. The lowest BCUT2D eigenvalue weighted by atomic mass is 10.1. The predicted molar refractivity (Wildman–Crippen MR) is 106 cm³/mol. The Morgan fingerprint density at radius 1 is 1.14 bits per heavy atom. The molecule has 1 saturated heterocycles. The van der Waals surface area contributed by atoms with Gasteiger partial charge in [-0.2, -0.15) is 0 Å². The van der Waals surface area contributed by atoms with Crippen molar-refractivity contribution in [2.75, 3.05) is 23.9 Å². The molecule has 1 atom stereocenters. The van der Waals surface area contributed by atoms with Crippen molar-refractivity contribution < 1.29 is 18.7 Å². The summed E-state index contributed by atoms with van der Waals surface area (Å²) in [7, 11) is 1.59. The first-order valence-electron chi connectivity index (χ1n) is 9.19. The van der Waals surface area contributed by atoms with Gasteiger partial charge in [-0.1, -0.05) is 22.8 Å². The number of ether oxygens (including phenoxy) is 1. The zero-order chi connectivity index (χ0) is 20.4. The van der Waals surface area contributed by atoms with E-state index in [4.69, 9.17) is 9.15 Å². The Kier molecular flexibility index (Phi) is 4.99. The van der Waals surface area contributed by atoms with Crippen LogP contribution >= 0.6 is 0 Å². The smallest absolute Gasteiger partial charge is 0.322 e. The largest absolute Gasteiger partial charge is 0.497 e. The predicted octanol–water partition coefficient (Wildman–Crippen LogP) is 3.16. The van der Waals surface area contributed by atoms with Crippen LogP contribution in [-0.4, -0.2) is 35.7 Å². The van der Waals surface area contributed by atoms with Gasteiger partial charge in [0.15, 0.2) is 0 Å². The number of hydrogen-bond donors (Lipinski definition) is 1. The molecule has 29 heavy (non-hydrogen) atoms.